The molecule has 0 bridgehead atoms. The Hall–Kier alpha value is -0.870. The first-order valence-corrected chi connectivity index (χ1v) is 2.15. The second-order valence-electron chi connectivity index (χ2n) is 0.859. The molecule has 0 saturated carbocycles. The molecule has 0 aromatic rings. The molecule has 9 heavy (non-hydrogen) atoms. The van der Waals surface area contributed by atoms with Crippen LogP contribution >= 0.6 is 0 Å². The molecule has 0 rings (SSSR count). The summed E-state index contributed by atoms with van der Waals surface area (Å²) in [6, 6.07) is 0. The highest BCUT2D eigenvalue weighted by atomic mass is 16.4. The lowest BCUT2D eigenvalue weighted by Crippen LogP contribution is -1.82. The van der Waals surface area contributed by atoms with Crippen LogP contribution in [0.1, 0.15) is 6.92 Å². The van der Waals surface area contributed by atoms with E-state index in [1.165, 1.54) is 0 Å². The monoisotopic (exact) mass is 135 g/mol. The first kappa shape index (κ1) is 15.7. The largest absolute Gasteiger partial charge is 0.478 e. The van der Waals surface area contributed by atoms with E-state index in [1.807, 2.05) is 0 Å². The molecule has 0 atom stereocenters. The van der Waals surface area contributed by atoms with Gasteiger partial charge in [-0.05, 0) is 6.92 Å². The Kier molecular flexibility index (Phi) is 27.4. The third-order valence-electron chi connectivity index (χ3n) is 0.175. The van der Waals surface area contributed by atoms with Gasteiger partial charge in [-0.1, -0.05) is 6.58 Å². The van der Waals surface area contributed by atoms with Crippen LogP contribution in [0.5, 0.6) is 0 Å². The van der Waals surface area contributed by atoms with Gasteiger partial charge in [0.25, 0.3) is 0 Å². The summed E-state index contributed by atoms with van der Waals surface area (Å²) in [6.45, 7) is 4.89. The number of rotatable bonds is 1. The summed E-state index contributed by atoms with van der Waals surface area (Å²) in [6.07, 6.45) is 0.833. The summed E-state index contributed by atoms with van der Waals surface area (Å²) in [5, 5.41) is 15.2. The van der Waals surface area contributed by atoms with Gasteiger partial charge in [0.05, 0.1) is 0 Å². The summed E-state index contributed by atoms with van der Waals surface area (Å²) in [7, 11) is 0. The number of hydrogen-bond donors (Lipinski definition) is 3. The van der Waals surface area contributed by atoms with E-state index in [0.29, 0.717) is 0 Å². The van der Waals surface area contributed by atoms with Crippen molar-refractivity contribution >= 4 is 5.97 Å². The normalized spacial score (nSPS) is 5.56. The number of hydrogen-bond acceptors (Lipinski definition) is 3. The van der Waals surface area contributed by atoms with E-state index in [4.69, 9.17) is 10.2 Å². The van der Waals surface area contributed by atoms with Gasteiger partial charge in [0.15, 0.2) is 0 Å². The fourth-order valence-electron chi connectivity index (χ4n) is 0. The molecule has 0 aromatic heterocycles. The summed E-state index contributed by atoms with van der Waals surface area (Å²) in [4.78, 5) is 9.25. The van der Waals surface area contributed by atoms with Gasteiger partial charge in [-0.3, -0.25) is 0 Å². The quantitative estimate of drug-likeness (QED) is 0.454. The second-order valence-corrected chi connectivity index (χ2v) is 0.859. The molecule has 0 spiro atoms. The fourth-order valence-corrected chi connectivity index (χ4v) is 0. The van der Waals surface area contributed by atoms with Crippen molar-refractivity contribution in [3.05, 3.63) is 12.7 Å². The molecule has 0 aliphatic heterocycles. The topological polar surface area (TPSA) is 92.5 Å². The molecular formula is C5H13NO3. The molecule has 56 valence electrons. The van der Waals surface area contributed by atoms with Gasteiger partial charge < -0.3 is 16.4 Å². The second kappa shape index (κ2) is 15.7. The van der Waals surface area contributed by atoms with E-state index in [2.05, 4.69) is 6.58 Å². The van der Waals surface area contributed by atoms with E-state index in [0.717, 1.165) is 6.08 Å². The lowest BCUT2D eigenvalue weighted by molar-refractivity contribution is -0.131. The highest BCUT2D eigenvalue weighted by molar-refractivity contribution is 5.78. The van der Waals surface area contributed by atoms with Crippen LogP contribution in [0.4, 0.5) is 0 Å². The molecular weight excluding hydrogens is 122 g/mol. The Morgan fingerprint density at radius 1 is 1.78 bits per heavy atom. The van der Waals surface area contributed by atoms with Crippen molar-refractivity contribution in [2.75, 3.05) is 6.61 Å². The smallest absolute Gasteiger partial charge is 0.327 e. The summed E-state index contributed by atoms with van der Waals surface area (Å²) in [5.41, 5.74) is 0. The highest BCUT2D eigenvalue weighted by Crippen LogP contribution is 1.54. The molecule has 0 saturated heterocycles. The molecule has 0 fully saturated rings. The molecule has 0 unspecified atom stereocenters. The summed E-state index contributed by atoms with van der Waals surface area (Å²) < 4.78 is 0. The molecule has 0 aliphatic rings. The minimum absolute atomic E-state index is 0. The van der Waals surface area contributed by atoms with E-state index in [-0.39, 0.29) is 12.8 Å². The van der Waals surface area contributed by atoms with Gasteiger partial charge in [0, 0.05) is 12.7 Å². The first-order valence-electron chi connectivity index (χ1n) is 2.15. The van der Waals surface area contributed by atoms with Crippen LogP contribution in [0.2, 0.25) is 0 Å². The van der Waals surface area contributed by atoms with Crippen molar-refractivity contribution in [3.8, 4) is 0 Å². The number of carboxylic acid groups (broad SMARTS) is 1. The zero-order chi connectivity index (χ0) is 6.99. The Morgan fingerprint density at radius 2 is 1.89 bits per heavy atom. The van der Waals surface area contributed by atoms with Crippen LogP contribution < -0.4 is 6.15 Å². The van der Waals surface area contributed by atoms with Crippen molar-refractivity contribution < 1.29 is 15.0 Å². The minimum atomic E-state index is -0.981. The maximum atomic E-state index is 9.25. The molecule has 0 aliphatic carbocycles. The van der Waals surface area contributed by atoms with Crippen LogP contribution in [-0.2, 0) is 4.79 Å². The van der Waals surface area contributed by atoms with Crippen LogP contribution in [-0.4, -0.2) is 22.8 Å². The number of carboxylic acids is 1. The highest BCUT2D eigenvalue weighted by Gasteiger charge is 1.73. The van der Waals surface area contributed by atoms with E-state index >= 15 is 0 Å². The zero-order valence-electron chi connectivity index (χ0n) is 5.50. The first-order chi connectivity index (χ1) is 3.68. The predicted octanol–water partition coefficient (Wildman–Crippen LogP) is 0.418. The molecule has 4 heteroatoms. The van der Waals surface area contributed by atoms with E-state index < -0.39 is 5.97 Å². The van der Waals surface area contributed by atoms with E-state index in [9.17, 15) is 4.79 Å². The minimum Gasteiger partial charge on any atom is -0.478 e. The van der Waals surface area contributed by atoms with Crippen LogP contribution in [0.3, 0.4) is 0 Å². The lowest BCUT2D eigenvalue weighted by atomic mass is 10.7. The number of aliphatic hydroxyl groups excluding tert-OH is 1. The average molecular weight is 135 g/mol. The number of carbonyl (C=O) groups is 1. The van der Waals surface area contributed by atoms with Crippen molar-refractivity contribution in [2.24, 2.45) is 0 Å². The van der Waals surface area contributed by atoms with Crippen LogP contribution in [0.15, 0.2) is 12.7 Å². The molecule has 0 aromatic carbocycles. The Morgan fingerprint density at radius 3 is 1.89 bits per heavy atom. The maximum absolute atomic E-state index is 9.25. The maximum Gasteiger partial charge on any atom is 0.327 e. The van der Waals surface area contributed by atoms with Crippen molar-refractivity contribution in [3.63, 3.8) is 0 Å². The SMILES string of the molecule is C=CC(=O)O.CCO.N. The van der Waals surface area contributed by atoms with Crippen LogP contribution in [0, 0.1) is 0 Å². The van der Waals surface area contributed by atoms with Gasteiger partial charge >= 0.3 is 5.97 Å². The van der Waals surface area contributed by atoms with Gasteiger partial charge in [0.1, 0.15) is 0 Å². The molecule has 0 heterocycles. The molecule has 5 N–H and O–H groups in total. The standard InChI is InChI=1S/C3H4O2.C2H6O.H3N/c1-2-3(4)5;1-2-3;/h2H,1H2,(H,4,5);3H,2H2,1H3;1H3. The van der Waals surface area contributed by atoms with E-state index in [1.54, 1.807) is 6.92 Å². The number of aliphatic hydroxyl groups is 1. The van der Waals surface area contributed by atoms with Gasteiger partial charge in [-0.15, -0.1) is 0 Å². The summed E-state index contributed by atoms with van der Waals surface area (Å²) >= 11 is 0. The predicted molar refractivity (Wildman–Crippen MR) is 35.6 cm³/mol. The zero-order valence-corrected chi connectivity index (χ0v) is 5.50. The summed E-state index contributed by atoms with van der Waals surface area (Å²) in [5.74, 6) is -0.981. The fraction of sp³-hybridized carbons (Fsp3) is 0.400. The number of aliphatic carboxylic acids is 1. The Labute approximate surface area is 54.4 Å². The third-order valence-corrected chi connectivity index (χ3v) is 0.175. The van der Waals surface area contributed by atoms with Crippen LogP contribution in [0.25, 0.3) is 0 Å². The van der Waals surface area contributed by atoms with Crippen molar-refractivity contribution in [1.29, 1.82) is 0 Å². The van der Waals surface area contributed by atoms with Gasteiger partial charge in [-0.2, -0.15) is 0 Å². The molecule has 4 nitrogen and oxygen atoms in total. The van der Waals surface area contributed by atoms with Crippen molar-refractivity contribution in [1.82, 2.24) is 6.15 Å². The van der Waals surface area contributed by atoms with Gasteiger partial charge in [-0.25, -0.2) is 4.79 Å². The van der Waals surface area contributed by atoms with Crippen molar-refractivity contribution in [2.45, 2.75) is 6.92 Å². The van der Waals surface area contributed by atoms with Gasteiger partial charge in [0.2, 0.25) is 0 Å². The lowest BCUT2D eigenvalue weighted by Gasteiger charge is -1.64. The molecule has 0 amide bonds. The average Bonchev–Trinajstić information content (AvgIpc) is 1.69. The Balaban J connectivity index is -0.0000000800. The Bertz CT molecular complexity index is 72.6. The molecule has 0 radical (unpaired) electrons. The third kappa shape index (κ3) is 147.